The van der Waals surface area contributed by atoms with Gasteiger partial charge < -0.3 is 9.80 Å². The number of amides is 2. The third-order valence-electron chi connectivity index (χ3n) is 6.75. The van der Waals surface area contributed by atoms with Crippen molar-refractivity contribution in [1.82, 2.24) is 9.80 Å². The van der Waals surface area contributed by atoms with E-state index in [0.717, 1.165) is 49.3 Å². The first-order valence-corrected chi connectivity index (χ1v) is 11.6. The highest BCUT2D eigenvalue weighted by Gasteiger charge is 2.42. The van der Waals surface area contributed by atoms with Gasteiger partial charge in [0.15, 0.2) is 0 Å². The SMILES string of the molecule is CCCN1C(=O)C(c2ccc(C)cc2C)=C(N2CCN(c3cccc(C)c3C)CC2)C1=O. The molecule has 5 heteroatoms. The van der Waals surface area contributed by atoms with Gasteiger partial charge in [0.1, 0.15) is 5.70 Å². The van der Waals surface area contributed by atoms with Crippen LogP contribution in [0, 0.1) is 27.7 Å². The largest absolute Gasteiger partial charge is 0.368 e. The van der Waals surface area contributed by atoms with Crippen molar-refractivity contribution in [2.45, 2.75) is 41.0 Å². The average molecular weight is 432 g/mol. The van der Waals surface area contributed by atoms with Crippen molar-refractivity contribution in [3.05, 3.63) is 69.9 Å². The summed E-state index contributed by atoms with van der Waals surface area (Å²) in [5.74, 6) is -0.303. The molecule has 0 aromatic heterocycles. The number of nitrogens with zero attached hydrogens (tertiary/aromatic N) is 3. The van der Waals surface area contributed by atoms with Gasteiger partial charge in [0.2, 0.25) is 0 Å². The van der Waals surface area contributed by atoms with E-state index in [-0.39, 0.29) is 11.8 Å². The van der Waals surface area contributed by atoms with Crippen molar-refractivity contribution in [3.63, 3.8) is 0 Å². The molecule has 32 heavy (non-hydrogen) atoms. The predicted molar refractivity (Wildman–Crippen MR) is 130 cm³/mol. The van der Waals surface area contributed by atoms with Crippen molar-refractivity contribution in [1.29, 1.82) is 0 Å². The molecule has 1 saturated heterocycles. The van der Waals surface area contributed by atoms with E-state index >= 15 is 0 Å². The summed E-state index contributed by atoms with van der Waals surface area (Å²) in [5.41, 5.74) is 8.06. The summed E-state index contributed by atoms with van der Waals surface area (Å²) in [6.45, 7) is 13.9. The molecule has 0 atom stereocenters. The van der Waals surface area contributed by atoms with E-state index in [4.69, 9.17) is 0 Å². The van der Waals surface area contributed by atoms with Gasteiger partial charge in [-0.05, 0) is 62.4 Å². The zero-order chi connectivity index (χ0) is 23.0. The van der Waals surface area contributed by atoms with Crippen LogP contribution in [0.1, 0.15) is 41.2 Å². The lowest BCUT2D eigenvalue weighted by Gasteiger charge is -2.38. The number of hydrogen-bond acceptors (Lipinski definition) is 4. The van der Waals surface area contributed by atoms with Gasteiger partial charge in [-0.1, -0.05) is 42.8 Å². The van der Waals surface area contributed by atoms with Crippen molar-refractivity contribution >= 4 is 23.1 Å². The number of benzene rings is 2. The first-order chi connectivity index (χ1) is 15.3. The Hall–Kier alpha value is -3.08. The molecule has 0 bridgehead atoms. The molecule has 2 heterocycles. The highest BCUT2D eigenvalue weighted by molar-refractivity contribution is 6.35. The lowest BCUT2D eigenvalue weighted by atomic mass is 9.97. The Morgan fingerprint density at radius 1 is 0.812 bits per heavy atom. The molecule has 0 aliphatic carbocycles. The minimum absolute atomic E-state index is 0.146. The molecule has 2 aliphatic rings. The van der Waals surface area contributed by atoms with Gasteiger partial charge in [-0.3, -0.25) is 14.5 Å². The molecule has 0 spiro atoms. The van der Waals surface area contributed by atoms with Crippen molar-refractivity contribution < 1.29 is 9.59 Å². The molecular weight excluding hydrogens is 398 g/mol. The van der Waals surface area contributed by atoms with E-state index in [1.165, 1.54) is 21.7 Å². The molecule has 4 rings (SSSR count). The molecule has 0 unspecified atom stereocenters. The molecule has 5 nitrogen and oxygen atoms in total. The van der Waals surface area contributed by atoms with Gasteiger partial charge in [0.05, 0.1) is 5.57 Å². The van der Waals surface area contributed by atoms with Crippen LogP contribution in [-0.2, 0) is 9.59 Å². The third-order valence-corrected chi connectivity index (χ3v) is 6.75. The fourth-order valence-corrected chi connectivity index (χ4v) is 4.87. The number of rotatable bonds is 5. The number of anilines is 1. The second kappa shape index (κ2) is 8.81. The summed E-state index contributed by atoms with van der Waals surface area (Å²) in [6, 6.07) is 12.5. The van der Waals surface area contributed by atoms with E-state index in [1.54, 1.807) is 0 Å². The minimum Gasteiger partial charge on any atom is -0.368 e. The number of carbonyl (C=O) groups excluding carboxylic acids is 2. The maximum absolute atomic E-state index is 13.4. The summed E-state index contributed by atoms with van der Waals surface area (Å²) in [7, 11) is 0. The van der Waals surface area contributed by atoms with Crippen LogP contribution in [-0.4, -0.2) is 54.3 Å². The van der Waals surface area contributed by atoms with E-state index < -0.39 is 0 Å². The van der Waals surface area contributed by atoms with Gasteiger partial charge in [-0.2, -0.15) is 0 Å². The normalized spacial score (nSPS) is 17.1. The van der Waals surface area contributed by atoms with Crippen LogP contribution < -0.4 is 4.90 Å². The Labute approximate surface area is 191 Å². The molecule has 0 N–H and O–H groups in total. The summed E-state index contributed by atoms with van der Waals surface area (Å²) in [6.07, 6.45) is 0.755. The first-order valence-electron chi connectivity index (χ1n) is 11.6. The first kappa shape index (κ1) is 22.1. The zero-order valence-corrected chi connectivity index (χ0v) is 19.9. The van der Waals surface area contributed by atoms with Gasteiger partial charge in [-0.15, -0.1) is 0 Å². The number of aryl methyl sites for hydroxylation is 3. The molecule has 2 aliphatic heterocycles. The molecule has 2 aromatic carbocycles. The molecule has 2 aromatic rings. The van der Waals surface area contributed by atoms with Crippen LogP contribution >= 0.6 is 0 Å². The Morgan fingerprint density at radius 3 is 2.16 bits per heavy atom. The topological polar surface area (TPSA) is 43.9 Å². The molecular formula is C27H33N3O2. The maximum atomic E-state index is 13.4. The molecule has 1 fully saturated rings. The quantitative estimate of drug-likeness (QED) is 0.665. The van der Waals surface area contributed by atoms with E-state index in [2.05, 4.69) is 47.9 Å². The van der Waals surface area contributed by atoms with Crippen molar-refractivity contribution in [2.75, 3.05) is 37.6 Å². The molecule has 0 radical (unpaired) electrons. The highest BCUT2D eigenvalue weighted by Crippen LogP contribution is 2.35. The van der Waals surface area contributed by atoms with E-state index in [9.17, 15) is 9.59 Å². The maximum Gasteiger partial charge on any atom is 0.277 e. The highest BCUT2D eigenvalue weighted by atomic mass is 16.2. The van der Waals surface area contributed by atoms with Crippen molar-refractivity contribution in [3.8, 4) is 0 Å². The number of hydrogen-bond donors (Lipinski definition) is 0. The Kier molecular flexibility index (Phi) is 6.09. The van der Waals surface area contributed by atoms with E-state index in [0.29, 0.717) is 17.8 Å². The number of carbonyl (C=O) groups is 2. The minimum atomic E-state index is -0.157. The lowest BCUT2D eigenvalue weighted by molar-refractivity contribution is -0.137. The Morgan fingerprint density at radius 2 is 1.50 bits per heavy atom. The Balaban J connectivity index is 1.67. The smallest absolute Gasteiger partial charge is 0.277 e. The summed E-state index contributed by atoms with van der Waals surface area (Å²) in [5, 5.41) is 0. The molecule has 168 valence electrons. The molecule has 0 saturated carbocycles. The molecule has 2 amide bonds. The van der Waals surface area contributed by atoms with Gasteiger partial charge in [0.25, 0.3) is 11.8 Å². The van der Waals surface area contributed by atoms with Crippen LogP contribution in [0.5, 0.6) is 0 Å². The number of imide groups is 1. The average Bonchev–Trinajstić information content (AvgIpc) is 3.01. The van der Waals surface area contributed by atoms with Crippen LogP contribution in [0.3, 0.4) is 0 Å². The Bertz CT molecular complexity index is 1090. The fraction of sp³-hybridized carbons (Fsp3) is 0.407. The van der Waals surface area contributed by atoms with Crippen LogP contribution in [0.2, 0.25) is 0 Å². The summed E-state index contributed by atoms with van der Waals surface area (Å²) >= 11 is 0. The second-order valence-corrected chi connectivity index (χ2v) is 9.00. The van der Waals surface area contributed by atoms with Gasteiger partial charge >= 0.3 is 0 Å². The second-order valence-electron chi connectivity index (χ2n) is 9.00. The number of piperazine rings is 1. The van der Waals surface area contributed by atoms with Gasteiger partial charge in [0, 0.05) is 38.4 Å². The fourth-order valence-electron chi connectivity index (χ4n) is 4.87. The summed E-state index contributed by atoms with van der Waals surface area (Å²) < 4.78 is 0. The lowest BCUT2D eigenvalue weighted by Crippen LogP contribution is -2.48. The van der Waals surface area contributed by atoms with E-state index in [1.807, 2.05) is 32.9 Å². The van der Waals surface area contributed by atoms with Crippen LogP contribution in [0.25, 0.3) is 5.57 Å². The van der Waals surface area contributed by atoms with Crippen LogP contribution in [0.15, 0.2) is 42.1 Å². The standard InChI is InChI=1S/C27H33N3O2/c1-6-12-30-26(31)24(22-11-10-18(2)17-20(22)4)25(27(30)32)29-15-13-28(14-16-29)23-9-7-8-19(3)21(23)5/h7-11,17H,6,12-16H2,1-5H3. The predicted octanol–water partition coefficient (Wildman–Crippen LogP) is 4.23. The zero-order valence-electron chi connectivity index (χ0n) is 19.9. The summed E-state index contributed by atoms with van der Waals surface area (Å²) in [4.78, 5) is 32.7. The van der Waals surface area contributed by atoms with Crippen molar-refractivity contribution in [2.24, 2.45) is 0 Å². The monoisotopic (exact) mass is 431 g/mol. The third kappa shape index (κ3) is 3.81. The van der Waals surface area contributed by atoms with Gasteiger partial charge in [-0.25, -0.2) is 0 Å². The van der Waals surface area contributed by atoms with Crippen LogP contribution in [0.4, 0.5) is 5.69 Å².